The summed E-state index contributed by atoms with van der Waals surface area (Å²) in [6, 6.07) is 7.19. The molecule has 5 heteroatoms. The van der Waals surface area contributed by atoms with E-state index in [1.165, 1.54) is 6.33 Å². The quantitative estimate of drug-likeness (QED) is 0.745. The van der Waals surface area contributed by atoms with Crippen LogP contribution in [0.1, 0.15) is 5.69 Å². The minimum absolute atomic E-state index is 0.362. The maximum Gasteiger partial charge on any atom is 0.218 e. The van der Waals surface area contributed by atoms with E-state index in [9.17, 15) is 0 Å². The van der Waals surface area contributed by atoms with E-state index < -0.39 is 0 Å². The molecule has 76 valence electrons. The molecule has 0 saturated carbocycles. The van der Waals surface area contributed by atoms with Crippen LogP contribution in [0.25, 0.3) is 0 Å². The molecule has 0 fully saturated rings. The third kappa shape index (κ3) is 2.89. The number of aromatic nitrogens is 3. The van der Waals surface area contributed by atoms with Gasteiger partial charge in [-0.1, -0.05) is 17.7 Å². The maximum absolute atomic E-state index is 5.68. The Kier molecular flexibility index (Phi) is 3.09. The number of hydrogen-bond acceptors (Lipinski definition) is 4. The van der Waals surface area contributed by atoms with Gasteiger partial charge in [0.15, 0.2) is 0 Å². The summed E-state index contributed by atoms with van der Waals surface area (Å²) in [5.41, 5.74) is 0.840. The van der Waals surface area contributed by atoms with Crippen molar-refractivity contribution in [2.45, 2.75) is 6.61 Å². The molecule has 0 saturated heterocycles. The van der Waals surface area contributed by atoms with Crippen molar-refractivity contribution >= 4 is 11.6 Å². The fourth-order valence-corrected chi connectivity index (χ4v) is 1.16. The molecule has 4 nitrogen and oxygen atoms in total. The average molecular weight is 222 g/mol. The standard InChI is InChI=1S/C10H8ClN3O/c11-9-5-10(14-7-13-9)15-6-8-3-1-2-4-12-8/h1-5,7H,6H2. The molecule has 15 heavy (non-hydrogen) atoms. The summed E-state index contributed by atoms with van der Waals surface area (Å²) in [7, 11) is 0. The van der Waals surface area contributed by atoms with Crippen molar-refractivity contribution in [2.75, 3.05) is 0 Å². The molecule has 0 spiro atoms. The van der Waals surface area contributed by atoms with Gasteiger partial charge in [-0.2, -0.15) is 0 Å². The Labute approximate surface area is 91.9 Å². The van der Waals surface area contributed by atoms with E-state index >= 15 is 0 Å². The van der Waals surface area contributed by atoms with Crippen LogP contribution >= 0.6 is 11.6 Å². The second kappa shape index (κ2) is 4.70. The number of hydrogen-bond donors (Lipinski definition) is 0. The molecule has 0 radical (unpaired) electrons. The Morgan fingerprint density at radius 1 is 1.20 bits per heavy atom. The summed E-state index contributed by atoms with van der Waals surface area (Å²) < 4.78 is 5.37. The van der Waals surface area contributed by atoms with Crippen LogP contribution < -0.4 is 4.74 Å². The predicted octanol–water partition coefficient (Wildman–Crippen LogP) is 2.10. The first-order valence-corrected chi connectivity index (χ1v) is 4.72. The molecule has 2 rings (SSSR count). The molecule has 0 atom stereocenters. The molecule has 0 unspecified atom stereocenters. The zero-order valence-electron chi connectivity index (χ0n) is 7.80. The van der Waals surface area contributed by atoms with Crippen LogP contribution in [0.3, 0.4) is 0 Å². The van der Waals surface area contributed by atoms with Gasteiger partial charge in [0.25, 0.3) is 0 Å². The van der Waals surface area contributed by atoms with Gasteiger partial charge in [0.05, 0.1) is 5.69 Å². The van der Waals surface area contributed by atoms with Gasteiger partial charge in [-0.05, 0) is 12.1 Å². The first-order valence-electron chi connectivity index (χ1n) is 4.35. The van der Waals surface area contributed by atoms with Crippen LogP contribution in [-0.4, -0.2) is 15.0 Å². The lowest BCUT2D eigenvalue weighted by Gasteiger charge is -2.03. The van der Waals surface area contributed by atoms with Crippen LogP contribution in [0.15, 0.2) is 36.8 Å². The van der Waals surface area contributed by atoms with Crippen LogP contribution in [0.5, 0.6) is 5.88 Å². The number of nitrogens with zero attached hydrogens (tertiary/aromatic N) is 3. The Morgan fingerprint density at radius 3 is 2.87 bits per heavy atom. The molecule has 0 amide bonds. The molecule has 2 heterocycles. The molecule has 0 N–H and O–H groups in total. The number of rotatable bonds is 3. The second-order valence-electron chi connectivity index (χ2n) is 2.79. The maximum atomic E-state index is 5.68. The predicted molar refractivity (Wildman–Crippen MR) is 55.6 cm³/mol. The lowest BCUT2D eigenvalue weighted by atomic mass is 10.4. The van der Waals surface area contributed by atoms with Gasteiger partial charge in [-0.15, -0.1) is 0 Å². The zero-order chi connectivity index (χ0) is 10.5. The van der Waals surface area contributed by atoms with Gasteiger partial charge >= 0.3 is 0 Å². The lowest BCUT2D eigenvalue weighted by Crippen LogP contribution is -1.99. The largest absolute Gasteiger partial charge is 0.471 e. The van der Waals surface area contributed by atoms with Crippen LogP contribution in [0.2, 0.25) is 5.15 Å². The van der Waals surface area contributed by atoms with Gasteiger partial charge in [0.1, 0.15) is 18.1 Å². The highest BCUT2D eigenvalue weighted by atomic mass is 35.5. The van der Waals surface area contributed by atoms with E-state index in [-0.39, 0.29) is 0 Å². The molecule has 2 aromatic heterocycles. The first-order chi connectivity index (χ1) is 7.34. The fourth-order valence-electron chi connectivity index (χ4n) is 1.03. The lowest BCUT2D eigenvalue weighted by molar-refractivity contribution is 0.288. The van der Waals surface area contributed by atoms with Crippen molar-refractivity contribution in [1.82, 2.24) is 15.0 Å². The van der Waals surface area contributed by atoms with Gasteiger partial charge < -0.3 is 4.74 Å². The highest BCUT2D eigenvalue weighted by Gasteiger charge is 1.98. The number of ether oxygens (including phenoxy) is 1. The van der Waals surface area contributed by atoms with Crippen molar-refractivity contribution in [2.24, 2.45) is 0 Å². The highest BCUT2D eigenvalue weighted by Crippen LogP contribution is 2.11. The summed E-state index contributed by atoms with van der Waals surface area (Å²) in [6.45, 7) is 0.369. The Hall–Kier alpha value is -1.68. The van der Waals surface area contributed by atoms with Crippen molar-refractivity contribution in [3.63, 3.8) is 0 Å². The van der Waals surface area contributed by atoms with E-state index in [4.69, 9.17) is 16.3 Å². The molecular weight excluding hydrogens is 214 g/mol. The fraction of sp³-hybridized carbons (Fsp3) is 0.100. The van der Waals surface area contributed by atoms with Crippen LogP contribution in [0, 0.1) is 0 Å². The normalized spacial score (nSPS) is 9.93. The van der Waals surface area contributed by atoms with Gasteiger partial charge in [-0.3, -0.25) is 4.98 Å². The van der Waals surface area contributed by atoms with E-state index in [0.29, 0.717) is 17.6 Å². The number of pyridine rings is 1. The Morgan fingerprint density at radius 2 is 2.13 bits per heavy atom. The summed E-state index contributed by atoms with van der Waals surface area (Å²) in [4.78, 5) is 11.8. The average Bonchev–Trinajstić information content (AvgIpc) is 2.28. The molecule has 0 aromatic carbocycles. The minimum Gasteiger partial charge on any atom is -0.471 e. The second-order valence-corrected chi connectivity index (χ2v) is 3.18. The third-order valence-corrected chi connectivity index (χ3v) is 1.91. The monoisotopic (exact) mass is 221 g/mol. The van der Waals surface area contributed by atoms with E-state index in [1.807, 2.05) is 18.2 Å². The van der Waals surface area contributed by atoms with Gasteiger partial charge in [0.2, 0.25) is 5.88 Å². The van der Waals surface area contributed by atoms with Gasteiger partial charge in [-0.25, -0.2) is 9.97 Å². The molecule has 0 aliphatic heterocycles. The Balaban J connectivity index is 1.99. The molecule has 2 aromatic rings. The molecular formula is C10H8ClN3O. The van der Waals surface area contributed by atoms with Crippen molar-refractivity contribution < 1.29 is 4.74 Å². The molecule has 0 aliphatic rings. The van der Waals surface area contributed by atoms with E-state index in [2.05, 4.69) is 15.0 Å². The Bertz CT molecular complexity index is 436. The van der Waals surface area contributed by atoms with Crippen molar-refractivity contribution in [3.05, 3.63) is 47.6 Å². The topological polar surface area (TPSA) is 47.9 Å². The van der Waals surface area contributed by atoms with Crippen LogP contribution in [-0.2, 0) is 6.61 Å². The zero-order valence-corrected chi connectivity index (χ0v) is 8.55. The summed E-state index contributed by atoms with van der Waals surface area (Å²) in [5.74, 6) is 0.445. The first kappa shape index (κ1) is 9.86. The van der Waals surface area contributed by atoms with Crippen molar-refractivity contribution in [1.29, 1.82) is 0 Å². The summed E-state index contributed by atoms with van der Waals surface area (Å²) in [6.07, 6.45) is 3.07. The van der Waals surface area contributed by atoms with Crippen molar-refractivity contribution in [3.8, 4) is 5.88 Å². The highest BCUT2D eigenvalue weighted by molar-refractivity contribution is 6.29. The third-order valence-electron chi connectivity index (χ3n) is 1.70. The number of halogens is 1. The van der Waals surface area contributed by atoms with Gasteiger partial charge in [0, 0.05) is 12.3 Å². The minimum atomic E-state index is 0.362. The van der Waals surface area contributed by atoms with Crippen LogP contribution in [0.4, 0.5) is 0 Å². The summed E-state index contributed by atoms with van der Waals surface area (Å²) >= 11 is 5.68. The SMILES string of the molecule is Clc1cc(OCc2ccccn2)ncn1. The smallest absolute Gasteiger partial charge is 0.218 e. The van der Waals surface area contributed by atoms with E-state index in [0.717, 1.165) is 5.69 Å². The molecule has 0 aliphatic carbocycles. The summed E-state index contributed by atoms with van der Waals surface area (Å²) in [5, 5.41) is 0.362. The van der Waals surface area contributed by atoms with E-state index in [1.54, 1.807) is 12.3 Å². The molecule has 0 bridgehead atoms.